The molecule has 4 nitrogen and oxygen atoms in total. The van der Waals surface area contributed by atoms with Gasteiger partial charge in [-0.2, -0.15) is 0 Å². The highest BCUT2D eigenvalue weighted by Gasteiger charge is 2.15. The average molecular weight is 235 g/mol. The van der Waals surface area contributed by atoms with E-state index in [9.17, 15) is 5.11 Å². The van der Waals surface area contributed by atoms with Crippen molar-refractivity contribution in [2.75, 3.05) is 44.7 Å². The molecule has 1 fully saturated rings. The van der Waals surface area contributed by atoms with E-state index in [2.05, 4.69) is 22.9 Å². The van der Waals surface area contributed by atoms with Crippen molar-refractivity contribution in [3.63, 3.8) is 0 Å². The normalized spacial score (nSPS) is 19.4. The highest BCUT2D eigenvalue weighted by Crippen LogP contribution is 2.21. The summed E-state index contributed by atoms with van der Waals surface area (Å²) in [6.07, 6.45) is -0.553. The third-order valence-corrected chi connectivity index (χ3v) is 3.35. The van der Waals surface area contributed by atoms with Gasteiger partial charge in [0.1, 0.15) is 0 Å². The summed E-state index contributed by atoms with van der Waals surface area (Å²) in [5, 5.41) is 9.74. The Hall–Kier alpha value is -1.10. The van der Waals surface area contributed by atoms with Gasteiger partial charge in [-0.15, -0.1) is 0 Å². The molecule has 0 aliphatic carbocycles. The maximum Gasteiger partial charge on any atom is 0.0912 e. The number of aliphatic hydroxyl groups excluding tert-OH is 1. The van der Waals surface area contributed by atoms with Gasteiger partial charge >= 0.3 is 0 Å². The number of piperazine rings is 1. The molecule has 0 saturated carbocycles. The molecular formula is C13H21N3O. The molecule has 4 heteroatoms. The summed E-state index contributed by atoms with van der Waals surface area (Å²) in [6, 6.07) is 8.06. The van der Waals surface area contributed by atoms with Crippen LogP contribution >= 0.6 is 0 Å². The summed E-state index contributed by atoms with van der Waals surface area (Å²) in [5.74, 6) is 0. The van der Waals surface area contributed by atoms with Crippen molar-refractivity contribution in [1.82, 2.24) is 4.90 Å². The number of benzene rings is 1. The summed E-state index contributed by atoms with van der Waals surface area (Å²) in [6.45, 7) is 4.52. The predicted molar refractivity (Wildman–Crippen MR) is 70.2 cm³/mol. The number of nitrogens with two attached hydrogens (primary N) is 1. The van der Waals surface area contributed by atoms with E-state index in [1.165, 1.54) is 5.69 Å². The third kappa shape index (κ3) is 2.97. The van der Waals surface area contributed by atoms with E-state index >= 15 is 0 Å². The molecule has 1 aromatic rings. The van der Waals surface area contributed by atoms with Gasteiger partial charge in [0.05, 0.1) is 6.10 Å². The number of rotatable bonds is 3. The van der Waals surface area contributed by atoms with Gasteiger partial charge in [-0.3, -0.25) is 0 Å². The van der Waals surface area contributed by atoms with Crippen molar-refractivity contribution < 1.29 is 5.11 Å². The van der Waals surface area contributed by atoms with Crippen molar-refractivity contribution in [2.24, 2.45) is 5.73 Å². The van der Waals surface area contributed by atoms with Crippen LogP contribution in [0.5, 0.6) is 0 Å². The van der Waals surface area contributed by atoms with Gasteiger partial charge in [-0.05, 0) is 24.7 Å². The minimum atomic E-state index is -0.553. The highest BCUT2D eigenvalue weighted by atomic mass is 16.3. The summed E-state index contributed by atoms with van der Waals surface area (Å²) >= 11 is 0. The Kier molecular flexibility index (Phi) is 3.99. The second-order valence-electron chi connectivity index (χ2n) is 4.64. The van der Waals surface area contributed by atoms with Crippen molar-refractivity contribution >= 4 is 5.69 Å². The highest BCUT2D eigenvalue weighted by molar-refractivity contribution is 5.49. The molecule has 94 valence electrons. The van der Waals surface area contributed by atoms with Gasteiger partial charge in [0.15, 0.2) is 0 Å². The molecule has 1 aliphatic rings. The van der Waals surface area contributed by atoms with Crippen LogP contribution in [0.1, 0.15) is 11.7 Å². The fraction of sp³-hybridized carbons (Fsp3) is 0.538. The fourth-order valence-corrected chi connectivity index (χ4v) is 2.13. The van der Waals surface area contributed by atoms with E-state index in [1.807, 2.05) is 18.2 Å². The molecule has 0 spiro atoms. The number of likely N-dealkylation sites (N-methyl/N-ethyl adjacent to an activating group) is 1. The zero-order valence-electron chi connectivity index (χ0n) is 10.3. The van der Waals surface area contributed by atoms with Gasteiger partial charge in [0.2, 0.25) is 0 Å². The van der Waals surface area contributed by atoms with Crippen LogP contribution in [0, 0.1) is 0 Å². The van der Waals surface area contributed by atoms with E-state index in [-0.39, 0.29) is 6.54 Å². The van der Waals surface area contributed by atoms with Crippen LogP contribution in [0.25, 0.3) is 0 Å². The van der Waals surface area contributed by atoms with E-state index in [0.29, 0.717) is 0 Å². The topological polar surface area (TPSA) is 52.7 Å². The zero-order chi connectivity index (χ0) is 12.3. The smallest absolute Gasteiger partial charge is 0.0912 e. The van der Waals surface area contributed by atoms with Crippen LogP contribution in [-0.4, -0.2) is 49.8 Å². The Bertz CT molecular complexity index is 361. The molecular weight excluding hydrogens is 214 g/mol. The van der Waals surface area contributed by atoms with E-state index in [0.717, 1.165) is 31.7 Å². The maximum atomic E-state index is 9.74. The van der Waals surface area contributed by atoms with E-state index in [4.69, 9.17) is 5.73 Å². The Morgan fingerprint density at radius 2 is 2.00 bits per heavy atom. The van der Waals surface area contributed by atoms with Crippen LogP contribution in [0.3, 0.4) is 0 Å². The maximum absolute atomic E-state index is 9.74. The largest absolute Gasteiger partial charge is 0.387 e. The quantitative estimate of drug-likeness (QED) is 0.798. The summed E-state index contributed by atoms with van der Waals surface area (Å²) in [4.78, 5) is 4.68. The lowest BCUT2D eigenvalue weighted by Gasteiger charge is -2.34. The molecule has 1 aromatic carbocycles. The summed E-state index contributed by atoms with van der Waals surface area (Å²) in [5.41, 5.74) is 7.57. The van der Waals surface area contributed by atoms with Crippen molar-refractivity contribution in [3.05, 3.63) is 29.8 Å². The molecule has 0 aromatic heterocycles. The monoisotopic (exact) mass is 235 g/mol. The first-order valence-corrected chi connectivity index (χ1v) is 6.12. The second-order valence-corrected chi connectivity index (χ2v) is 4.64. The predicted octanol–water partition coefficient (Wildman–Crippen LogP) is 0.430. The first-order valence-electron chi connectivity index (χ1n) is 6.12. The molecule has 1 atom stereocenters. The van der Waals surface area contributed by atoms with E-state index < -0.39 is 6.10 Å². The van der Waals surface area contributed by atoms with E-state index in [1.54, 1.807) is 0 Å². The number of hydrogen-bond acceptors (Lipinski definition) is 4. The Balaban J connectivity index is 2.10. The van der Waals surface area contributed by atoms with Crippen molar-refractivity contribution in [1.29, 1.82) is 0 Å². The molecule has 2 rings (SSSR count). The molecule has 0 amide bonds. The number of anilines is 1. The van der Waals surface area contributed by atoms with Crippen molar-refractivity contribution in [2.45, 2.75) is 6.10 Å². The molecule has 3 N–H and O–H groups in total. The molecule has 0 bridgehead atoms. The molecule has 1 unspecified atom stereocenters. The SMILES string of the molecule is CN1CCN(c2cccc(C(O)CN)c2)CC1. The van der Waals surface area contributed by atoms with Gasteiger partial charge in [0, 0.05) is 38.4 Å². The first-order chi connectivity index (χ1) is 8.20. The minimum Gasteiger partial charge on any atom is -0.387 e. The lowest BCUT2D eigenvalue weighted by molar-refractivity contribution is 0.187. The Labute approximate surface area is 103 Å². The number of aliphatic hydroxyl groups is 1. The van der Waals surface area contributed by atoms with Gasteiger partial charge < -0.3 is 20.6 Å². The number of nitrogens with zero attached hydrogens (tertiary/aromatic N) is 2. The second kappa shape index (κ2) is 5.49. The number of hydrogen-bond donors (Lipinski definition) is 2. The minimum absolute atomic E-state index is 0.270. The Morgan fingerprint density at radius 3 is 2.65 bits per heavy atom. The van der Waals surface area contributed by atoms with Crippen LogP contribution in [0.4, 0.5) is 5.69 Å². The zero-order valence-corrected chi connectivity index (χ0v) is 10.3. The lowest BCUT2D eigenvalue weighted by atomic mass is 10.1. The molecule has 1 aliphatic heterocycles. The first kappa shape index (κ1) is 12.4. The molecule has 1 saturated heterocycles. The van der Waals surface area contributed by atoms with Crippen LogP contribution in [-0.2, 0) is 0 Å². The lowest BCUT2D eigenvalue weighted by Crippen LogP contribution is -2.44. The molecule has 17 heavy (non-hydrogen) atoms. The van der Waals surface area contributed by atoms with Gasteiger partial charge in [0.25, 0.3) is 0 Å². The van der Waals surface area contributed by atoms with Gasteiger partial charge in [-0.25, -0.2) is 0 Å². The standard InChI is InChI=1S/C13H21N3O/c1-15-5-7-16(8-6-15)12-4-2-3-11(9-12)13(17)10-14/h2-4,9,13,17H,5-8,10,14H2,1H3. The van der Waals surface area contributed by atoms with Crippen molar-refractivity contribution in [3.8, 4) is 0 Å². The molecule has 0 radical (unpaired) electrons. The Morgan fingerprint density at radius 1 is 1.29 bits per heavy atom. The van der Waals surface area contributed by atoms with Crippen LogP contribution in [0.2, 0.25) is 0 Å². The average Bonchev–Trinajstić information content (AvgIpc) is 2.39. The fourth-order valence-electron chi connectivity index (χ4n) is 2.13. The van der Waals surface area contributed by atoms with Gasteiger partial charge in [-0.1, -0.05) is 12.1 Å². The summed E-state index contributed by atoms with van der Waals surface area (Å²) in [7, 11) is 2.14. The summed E-state index contributed by atoms with van der Waals surface area (Å²) < 4.78 is 0. The van der Waals surface area contributed by atoms with Crippen LogP contribution < -0.4 is 10.6 Å². The third-order valence-electron chi connectivity index (χ3n) is 3.35. The molecule has 1 heterocycles. The van der Waals surface area contributed by atoms with Crippen LogP contribution in [0.15, 0.2) is 24.3 Å².